The Morgan fingerprint density at radius 2 is 0.972 bits per heavy atom. The van der Waals surface area contributed by atoms with Crippen molar-refractivity contribution in [3.63, 3.8) is 0 Å². The molecule has 2 unspecified atom stereocenters. The monoisotopic (exact) mass is 918 g/mol. The Bertz CT molecular complexity index is 4410. The highest BCUT2D eigenvalue weighted by atomic mass is 16.3. The van der Waals surface area contributed by atoms with Gasteiger partial charge in [0.2, 0.25) is 0 Å². The van der Waals surface area contributed by atoms with E-state index in [9.17, 15) is 0 Å². The third-order valence-corrected chi connectivity index (χ3v) is 15.0. The molecule has 0 N–H and O–H groups in total. The van der Waals surface area contributed by atoms with Gasteiger partial charge in [-0.15, -0.1) is 0 Å². The van der Waals surface area contributed by atoms with Gasteiger partial charge in [-0.2, -0.15) is 0 Å². The molecule has 0 spiro atoms. The number of furan rings is 1. The Balaban J connectivity index is 0.840. The van der Waals surface area contributed by atoms with Gasteiger partial charge in [-0.05, 0) is 116 Å². The van der Waals surface area contributed by atoms with Gasteiger partial charge in [0, 0.05) is 55.8 Å². The number of allylic oxidation sites excluding steroid dienone is 4. The normalized spacial score (nSPS) is 14.8. The summed E-state index contributed by atoms with van der Waals surface area (Å²) < 4.78 is 9.14. The standard InChI is InChI=1S/C67H42N4O/c1-3-16-42(17-4-1)65-68-66(46-19-13-18-43(37-46)44-29-33-55-53-25-10-9-23-51(53)52-24-11-12-26-54(52)57(55)38-44)70-67(69-65)47-30-34-56-62(40-47)72-61-28-14-27-50(64(56)61)45-32-35-59-58(39-45)63-49-22-8-7-15-41(49)31-36-60(63)71(59)48-20-5-2-6-21-48/h1-40,52,54H. The van der Waals surface area contributed by atoms with E-state index in [1.165, 1.54) is 54.8 Å². The van der Waals surface area contributed by atoms with Gasteiger partial charge < -0.3 is 8.98 Å². The van der Waals surface area contributed by atoms with Gasteiger partial charge in [-0.1, -0.05) is 182 Å². The van der Waals surface area contributed by atoms with E-state index in [1.807, 2.05) is 18.2 Å². The summed E-state index contributed by atoms with van der Waals surface area (Å²) in [6, 6.07) is 78.0. The van der Waals surface area contributed by atoms with Crippen LogP contribution in [0, 0.1) is 0 Å². The first-order valence-corrected chi connectivity index (χ1v) is 24.7. The lowest BCUT2D eigenvalue weighted by Gasteiger charge is -2.34. The Kier molecular flexibility index (Phi) is 9.02. The molecule has 2 aliphatic carbocycles. The minimum Gasteiger partial charge on any atom is -0.456 e. The largest absolute Gasteiger partial charge is 0.456 e. The zero-order valence-electron chi connectivity index (χ0n) is 38.9. The molecule has 3 heterocycles. The van der Waals surface area contributed by atoms with E-state index in [2.05, 4.69) is 229 Å². The smallest absolute Gasteiger partial charge is 0.164 e. The molecule has 5 heteroatoms. The van der Waals surface area contributed by atoms with Gasteiger partial charge in [0.05, 0.1) is 11.0 Å². The first-order valence-electron chi connectivity index (χ1n) is 24.7. The van der Waals surface area contributed by atoms with Crippen molar-refractivity contribution >= 4 is 54.5 Å². The molecule has 0 radical (unpaired) electrons. The van der Waals surface area contributed by atoms with Crippen LogP contribution in [-0.4, -0.2) is 19.5 Å². The quantitative estimate of drug-likeness (QED) is 0.167. The fourth-order valence-electron chi connectivity index (χ4n) is 11.7. The predicted molar refractivity (Wildman–Crippen MR) is 295 cm³/mol. The second kappa shape index (κ2) is 16.1. The summed E-state index contributed by atoms with van der Waals surface area (Å²) in [6.07, 6.45) is 9.07. The fraction of sp³-hybridized carbons (Fsp3) is 0.0299. The molecular formula is C67H42N4O. The molecule has 0 fully saturated rings. The topological polar surface area (TPSA) is 56.7 Å². The number of para-hydroxylation sites is 1. The lowest BCUT2D eigenvalue weighted by atomic mass is 9.69. The molecular weight excluding hydrogens is 877 g/mol. The molecule has 5 nitrogen and oxygen atoms in total. The molecule has 13 aromatic rings. The number of nitrogens with zero attached hydrogens (tertiary/aromatic N) is 4. The minimum absolute atomic E-state index is 0.281. The first kappa shape index (κ1) is 40.4. The van der Waals surface area contributed by atoms with E-state index in [0.29, 0.717) is 23.4 Å². The number of rotatable bonds is 6. The number of hydrogen-bond donors (Lipinski definition) is 0. The van der Waals surface area contributed by atoms with Crippen LogP contribution in [0.5, 0.6) is 0 Å². The van der Waals surface area contributed by atoms with Crippen LogP contribution in [-0.2, 0) is 0 Å². The molecule has 3 aromatic heterocycles. The number of benzene rings is 10. The highest BCUT2D eigenvalue weighted by Gasteiger charge is 2.32. The van der Waals surface area contributed by atoms with Crippen LogP contribution in [0.25, 0.3) is 128 Å². The second-order valence-corrected chi connectivity index (χ2v) is 19.0. The van der Waals surface area contributed by atoms with Gasteiger partial charge in [0.15, 0.2) is 17.5 Å². The van der Waals surface area contributed by atoms with Crippen LogP contribution < -0.4 is 0 Å². The van der Waals surface area contributed by atoms with Gasteiger partial charge in [-0.25, -0.2) is 15.0 Å². The van der Waals surface area contributed by atoms with E-state index < -0.39 is 0 Å². The van der Waals surface area contributed by atoms with E-state index >= 15 is 0 Å². The zero-order chi connectivity index (χ0) is 47.3. The van der Waals surface area contributed by atoms with Crippen molar-refractivity contribution in [3.8, 4) is 73.2 Å². The number of aromatic nitrogens is 4. The summed E-state index contributed by atoms with van der Waals surface area (Å²) in [5.41, 5.74) is 17.7. The van der Waals surface area contributed by atoms with Crippen LogP contribution in [0.1, 0.15) is 23.0 Å². The SMILES string of the molecule is C1=CC2c3ccccc3-c3ccc(-c4cccc(-c5nc(-c6ccccc6)nc(-c6ccc7c(c6)oc6cccc(-c8ccc9c(c8)c8c%10ccccc%10ccc8n9-c8ccccc8)c67)n5)c4)cc3C2C=C1. The van der Waals surface area contributed by atoms with Crippen LogP contribution in [0.2, 0.25) is 0 Å². The summed E-state index contributed by atoms with van der Waals surface area (Å²) in [4.78, 5) is 15.5. The van der Waals surface area contributed by atoms with Gasteiger partial charge in [0.25, 0.3) is 0 Å². The van der Waals surface area contributed by atoms with E-state index in [-0.39, 0.29) is 5.92 Å². The molecule has 72 heavy (non-hydrogen) atoms. The molecule has 0 aliphatic heterocycles. The van der Waals surface area contributed by atoms with Gasteiger partial charge in [0.1, 0.15) is 11.2 Å². The Morgan fingerprint density at radius 3 is 1.83 bits per heavy atom. The zero-order valence-corrected chi connectivity index (χ0v) is 38.9. The van der Waals surface area contributed by atoms with Gasteiger partial charge in [-0.3, -0.25) is 0 Å². The Morgan fingerprint density at radius 1 is 0.347 bits per heavy atom. The van der Waals surface area contributed by atoms with Crippen molar-refractivity contribution in [1.82, 2.24) is 19.5 Å². The van der Waals surface area contributed by atoms with Crippen LogP contribution in [0.15, 0.2) is 247 Å². The van der Waals surface area contributed by atoms with E-state index in [4.69, 9.17) is 19.4 Å². The number of fused-ring (bicyclic) bond motifs is 14. The third kappa shape index (κ3) is 6.37. The van der Waals surface area contributed by atoms with Crippen LogP contribution in [0.3, 0.4) is 0 Å². The highest BCUT2D eigenvalue weighted by Crippen LogP contribution is 2.50. The van der Waals surface area contributed by atoms with Crippen LogP contribution >= 0.6 is 0 Å². The molecule has 15 rings (SSSR count). The van der Waals surface area contributed by atoms with Gasteiger partial charge >= 0.3 is 0 Å². The lowest BCUT2D eigenvalue weighted by molar-refractivity contribution is 0.669. The molecule has 0 amide bonds. The maximum absolute atomic E-state index is 6.76. The van der Waals surface area contributed by atoms with Crippen molar-refractivity contribution in [2.45, 2.75) is 11.8 Å². The number of hydrogen-bond acceptors (Lipinski definition) is 4. The summed E-state index contributed by atoms with van der Waals surface area (Å²) in [7, 11) is 0. The first-order chi connectivity index (χ1) is 35.7. The van der Waals surface area contributed by atoms with Crippen molar-refractivity contribution < 1.29 is 4.42 Å². The third-order valence-electron chi connectivity index (χ3n) is 15.0. The minimum atomic E-state index is 0.281. The maximum atomic E-state index is 6.76. The highest BCUT2D eigenvalue weighted by molar-refractivity contribution is 6.22. The summed E-state index contributed by atoms with van der Waals surface area (Å²) >= 11 is 0. The van der Waals surface area contributed by atoms with E-state index in [1.54, 1.807) is 0 Å². The lowest BCUT2D eigenvalue weighted by Crippen LogP contribution is -2.16. The molecule has 0 saturated carbocycles. The molecule has 10 aromatic carbocycles. The van der Waals surface area contributed by atoms with Crippen molar-refractivity contribution in [2.24, 2.45) is 0 Å². The molecule has 0 saturated heterocycles. The Labute approximate surface area is 415 Å². The summed E-state index contributed by atoms with van der Waals surface area (Å²) in [5, 5.41) is 7.03. The molecule has 336 valence electrons. The van der Waals surface area contributed by atoms with Crippen molar-refractivity contribution in [3.05, 3.63) is 254 Å². The average molecular weight is 919 g/mol. The summed E-state index contributed by atoms with van der Waals surface area (Å²) in [5.74, 6) is 2.40. The van der Waals surface area contributed by atoms with Crippen molar-refractivity contribution in [2.75, 3.05) is 0 Å². The maximum Gasteiger partial charge on any atom is 0.164 e. The molecule has 0 bridgehead atoms. The predicted octanol–water partition coefficient (Wildman–Crippen LogP) is 17.3. The molecule has 2 aliphatic rings. The van der Waals surface area contributed by atoms with Crippen molar-refractivity contribution in [1.29, 1.82) is 0 Å². The average Bonchev–Trinajstić information content (AvgIpc) is 4.01. The second-order valence-electron chi connectivity index (χ2n) is 19.0. The van der Waals surface area contributed by atoms with E-state index in [0.717, 1.165) is 66.6 Å². The van der Waals surface area contributed by atoms with Crippen LogP contribution in [0.4, 0.5) is 0 Å². The fourth-order valence-corrected chi connectivity index (χ4v) is 11.7. The summed E-state index contributed by atoms with van der Waals surface area (Å²) in [6.45, 7) is 0. The Hall–Kier alpha value is -9.45. The molecule has 2 atom stereocenters.